The van der Waals surface area contributed by atoms with E-state index in [0.29, 0.717) is 12.1 Å². The van der Waals surface area contributed by atoms with Crippen molar-refractivity contribution in [2.75, 3.05) is 5.73 Å². The number of nitrogens with one attached hydrogen (secondary N) is 1. The highest BCUT2D eigenvalue weighted by Crippen LogP contribution is 2.40. The van der Waals surface area contributed by atoms with Gasteiger partial charge in [-0.3, -0.25) is 24.2 Å². The first-order chi connectivity index (χ1) is 17.8. The second-order valence-electron chi connectivity index (χ2n) is 8.77. The predicted molar refractivity (Wildman–Crippen MR) is 129 cm³/mol. The van der Waals surface area contributed by atoms with Crippen LogP contribution in [-0.2, 0) is 42.5 Å². The van der Waals surface area contributed by atoms with Gasteiger partial charge in [0.15, 0.2) is 16.6 Å². The molecule has 19 heteroatoms. The van der Waals surface area contributed by atoms with E-state index in [0.717, 1.165) is 11.3 Å². The minimum Gasteiger partial charge on any atom is -0.478 e. The molecule has 2 aliphatic rings. The van der Waals surface area contributed by atoms with Gasteiger partial charge in [-0.1, -0.05) is 10.4 Å². The number of hydrogen-bond donors (Lipinski definition) is 5. The number of carboxylic acids is 1. The maximum atomic E-state index is 13.2. The monoisotopic (exact) mass is 569 g/mol. The Labute approximate surface area is 218 Å². The van der Waals surface area contributed by atoms with Crippen LogP contribution in [0.15, 0.2) is 16.7 Å². The topological polar surface area (TPSA) is 270 Å². The molecule has 2 atom stereocenters. The molecule has 4 rings (SSSR count). The van der Waals surface area contributed by atoms with E-state index in [1.165, 1.54) is 16.3 Å². The van der Waals surface area contributed by atoms with Gasteiger partial charge in [0.25, 0.3) is 0 Å². The number of amidine groups is 1. The third kappa shape index (κ3) is 5.63. The molecular weight excluding hydrogens is 546 g/mol. The molecule has 0 aromatic carbocycles. The van der Waals surface area contributed by atoms with E-state index >= 15 is 0 Å². The van der Waals surface area contributed by atoms with Crippen molar-refractivity contribution < 1.29 is 37.3 Å². The summed E-state index contributed by atoms with van der Waals surface area (Å²) in [6.07, 6.45) is 1.81. The fraction of sp³-hybridized carbons (Fsp3) is 0.474. The molecule has 17 nitrogen and oxygen atoms in total. The maximum Gasteiger partial charge on any atom is 0.362 e. The summed E-state index contributed by atoms with van der Waals surface area (Å²) in [5.74, 6) is -4.32. The van der Waals surface area contributed by atoms with Gasteiger partial charge in [-0.25, -0.2) is 14.1 Å². The second kappa shape index (κ2) is 10.1. The molecule has 204 valence electrons. The number of Topliss-reactive ketones (excluding diaryl/α,β-unsaturated/α-hetero) is 1. The third-order valence-electron chi connectivity index (χ3n) is 6.00. The van der Waals surface area contributed by atoms with Gasteiger partial charge in [0.2, 0.25) is 11.5 Å². The van der Waals surface area contributed by atoms with E-state index in [4.69, 9.17) is 21.7 Å². The fourth-order valence-corrected chi connectivity index (χ4v) is 5.27. The van der Waals surface area contributed by atoms with Crippen LogP contribution >= 0.6 is 11.3 Å². The van der Waals surface area contributed by atoms with Gasteiger partial charge in [-0.05, 0) is 0 Å². The minimum atomic E-state index is -4.95. The van der Waals surface area contributed by atoms with Gasteiger partial charge < -0.3 is 21.4 Å². The largest absolute Gasteiger partial charge is 0.478 e. The van der Waals surface area contributed by atoms with E-state index in [2.05, 4.69) is 20.5 Å². The van der Waals surface area contributed by atoms with Crippen molar-refractivity contribution in [2.24, 2.45) is 16.8 Å². The molecule has 0 bridgehead atoms. The predicted octanol–water partition coefficient (Wildman–Crippen LogP) is -1.19. The highest BCUT2D eigenvalue weighted by Gasteiger charge is 2.56. The first-order valence-electron chi connectivity index (χ1n) is 11.1. The highest BCUT2D eigenvalue weighted by molar-refractivity contribution is 7.84. The molecule has 2 fully saturated rings. The smallest absolute Gasteiger partial charge is 0.362 e. The lowest BCUT2D eigenvalue weighted by atomic mass is 9.84. The summed E-state index contributed by atoms with van der Waals surface area (Å²) in [5.41, 5.74) is 9.50. The number of carbonyl (C=O) groups excluding carboxylic acids is 2. The van der Waals surface area contributed by atoms with E-state index in [1.807, 2.05) is 0 Å². The molecule has 0 spiro atoms. The summed E-state index contributed by atoms with van der Waals surface area (Å²) in [6.45, 7) is -0.231. The summed E-state index contributed by atoms with van der Waals surface area (Å²) in [7, 11) is -4.95. The molecule has 2 aromatic rings. The number of aliphatic carboxylic acids is 1. The number of aryl methyl sites for hydroxylation is 1. The third-order valence-corrected chi connectivity index (χ3v) is 7.62. The zero-order valence-corrected chi connectivity index (χ0v) is 21.2. The second-order valence-corrected chi connectivity index (χ2v) is 11.0. The molecule has 1 aliphatic carbocycles. The number of carboxylic acid groups (broad SMARTS) is 1. The van der Waals surface area contributed by atoms with Crippen LogP contribution in [0.4, 0.5) is 5.13 Å². The van der Waals surface area contributed by atoms with Crippen molar-refractivity contribution in [1.29, 1.82) is 5.41 Å². The van der Waals surface area contributed by atoms with Crippen LogP contribution in [0, 0.1) is 11.3 Å². The standard InChI is InChI=1S/C19H23N9O8S2/c20-14(21)2-1-9-6-27(26-24-9)7-12-10(16(30)28(12)38(33,34)35)5-13(29)15(11-8-37-18(22)23-11)25-36-19(3-4-19)17(31)32/h6,8,10,12H,1-5,7H2,(H3,20,21)(H2,22,23)(H,31,32)(H,33,34,35)/b25-15-/t10-,12+/m0/s1. The van der Waals surface area contributed by atoms with Gasteiger partial charge in [0.1, 0.15) is 5.69 Å². The number of amides is 1. The number of carbonyl (C=O) groups is 3. The summed E-state index contributed by atoms with van der Waals surface area (Å²) < 4.78 is 34.8. The number of nitrogens with two attached hydrogens (primary N) is 2. The van der Waals surface area contributed by atoms with Crippen molar-refractivity contribution in [3.05, 3.63) is 23.0 Å². The zero-order valence-electron chi connectivity index (χ0n) is 19.6. The number of hydrogen-bond acceptors (Lipinski definition) is 13. The number of nitrogen functional groups attached to an aromatic ring is 1. The first-order valence-corrected chi connectivity index (χ1v) is 13.3. The van der Waals surface area contributed by atoms with Crippen LogP contribution in [0.2, 0.25) is 0 Å². The molecule has 38 heavy (non-hydrogen) atoms. The summed E-state index contributed by atoms with van der Waals surface area (Å²) in [5, 5.41) is 29.6. The number of oxime groups is 1. The number of nitrogens with zero attached hydrogens (tertiary/aromatic N) is 6. The molecule has 3 heterocycles. The molecule has 1 aliphatic heterocycles. The average Bonchev–Trinajstić information content (AvgIpc) is 3.29. The SMILES string of the molecule is N=C(N)CCc1cn(C[C@@H]2[C@H](CC(=O)/C(=N\OC3(C(=O)O)CC3)c3csc(N)n3)C(=O)N2S(=O)(=O)O)nn1. The van der Waals surface area contributed by atoms with Gasteiger partial charge in [0, 0.05) is 43.7 Å². The number of aromatic nitrogens is 4. The Morgan fingerprint density at radius 2 is 2.08 bits per heavy atom. The Balaban J connectivity index is 1.55. The van der Waals surface area contributed by atoms with E-state index < -0.39 is 51.9 Å². The Hall–Kier alpha value is -3.97. The number of ketones is 1. The van der Waals surface area contributed by atoms with Crippen LogP contribution in [0.5, 0.6) is 0 Å². The normalized spacial score (nSPS) is 20.6. The fourth-order valence-electron chi connectivity index (χ4n) is 3.80. The van der Waals surface area contributed by atoms with Crippen molar-refractivity contribution in [2.45, 2.75) is 50.3 Å². The van der Waals surface area contributed by atoms with Crippen LogP contribution in [0.3, 0.4) is 0 Å². The summed E-state index contributed by atoms with van der Waals surface area (Å²) >= 11 is 0.993. The molecule has 2 aromatic heterocycles. The van der Waals surface area contributed by atoms with Crippen molar-refractivity contribution >= 4 is 56.0 Å². The minimum absolute atomic E-state index is 0.0000337. The van der Waals surface area contributed by atoms with E-state index in [1.54, 1.807) is 0 Å². The zero-order chi connectivity index (χ0) is 27.8. The van der Waals surface area contributed by atoms with E-state index in [9.17, 15) is 32.5 Å². The summed E-state index contributed by atoms with van der Waals surface area (Å²) in [6, 6.07) is -1.19. The van der Waals surface area contributed by atoms with Crippen molar-refractivity contribution in [3.63, 3.8) is 0 Å². The van der Waals surface area contributed by atoms with Crippen LogP contribution in [-0.4, -0.2) is 83.2 Å². The lowest BCUT2D eigenvalue weighted by molar-refractivity contribution is -0.153. The Morgan fingerprint density at radius 3 is 2.63 bits per heavy atom. The van der Waals surface area contributed by atoms with Crippen molar-refractivity contribution in [3.8, 4) is 0 Å². The quantitative estimate of drug-likeness (QED) is 0.0625. The molecule has 1 saturated heterocycles. The first kappa shape index (κ1) is 27.1. The summed E-state index contributed by atoms with van der Waals surface area (Å²) in [4.78, 5) is 46.5. The number of β-lactam (4-membered cyclic amide) rings is 1. The maximum absolute atomic E-state index is 13.2. The lowest BCUT2D eigenvalue weighted by Gasteiger charge is -2.43. The Kier molecular flexibility index (Phi) is 7.17. The molecular formula is C19H23N9O8S2. The molecule has 1 amide bonds. The van der Waals surface area contributed by atoms with Gasteiger partial charge in [0.05, 0.1) is 30.0 Å². The van der Waals surface area contributed by atoms with Crippen LogP contribution in [0.1, 0.15) is 37.1 Å². The number of anilines is 1. The molecule has 7 N–H and O–H groups in total. The van der Waals surface area contributed by atoms with Gasteiger partial charge in [-0.2, -0.15) is 8.42 Å². The van der Waals surface area contributed by atoms with E-state index in [-0.39, 0.29) is 52.5 Å². The molecule has 1 saturated carbocycles. The molecule has 0 unspecified atom stereocenters. The number of thiazole rings is 1. The number of rotatable bonds is 13. The Bertz CT molecular complexity index is 1430. The Morgan fingerprint density at radius 1 is 1.37 bits per heavy atom. The molecule has 0 radical (unpaired) electrons. The average molecular weight is 570 g/mol. The van der Waals surface area contributed by atoms with Crippen LogP contribution < -0.4 is 11.5 Å². The van der Waals surface area contributed by atoms with Crippen LogP contribution in [0.25, 0.3) is 0 Å². The lowest BCUT2D eigenvalue weighted by Crippen LogP contribution is -2.64. The van der Waals surface area contributed by atoms with Gasteiger partial charge in [-0.15, -0.1) is 16.4 Å². The van der Waals surface area contributed by atoms with Gasteiger partial charge >= 0.3 is 16.3 Å². The highest BCUT2D eigenvalue weighted by atomic mass is 32.2. The van der Waals surface area contributed by atoms with Crippen molar-refractivity contribution in [1.82, 2.24) is 24.3 Å².